The maximum atomic E-state index is 11.1. The van der Waals surface area contributed by atoms with E-state index in [1.54, 1.807) is 24.9 Å². The van der Waals surface area contributed by atoms with Gasteiger partial charge in [-0.05, 0) is 43.3 Å². The molecular weight excluding hydrogens is 320 g/mol. The predicted octanol–water partition coefficient (Wildman–Crippen LogP) is 4.85. The van der Waals surface area contributed by atoms with E-state index in [0.29, 0.717) is 34.4 Å². The van der Waals surface area contributed by atoms with Gasteiger partial charge < -0.3 is 9.47 Å². The topological polar surface area (TPSA) is 35.5 Å². The van der Waals surface area contributed by atoms with Gasteiger partial charge in [0.1, 0.15) is 6.29 Å². The van der Waals surface area contributed by atoms with Crippen molar-refractivity contribution in [1.29, 1.82) is 0 Å². The maximum absolute atomic E-state index is 11.1. The summed E-state index contributed by atoms with van der Waals surface area (Å²) in [5.74, 6) is 1.95. The molecule has 0 heterocycles. The smallest absolute Gasteiger partial charge is 0.165 e. The minimum Gasteiger partial charge on any atom is -0.493 e. The molecule has 116 valence electrons. The standard InChI is InChI=1S/C17H17ClO3S/c1-3-21-17-13(8-12(10-19)9-16(17)20-2)11-22-15-6-4-14(18)5-7-15/h4-10H,3,11H2,1-2H3. The SMILES string of the molecule is CCOc1c(CSc2ccc(Cl)cc2)cc(C=O)cc1OC. The molecule has 2 aromatic carbocycles. The lowest BCUT2D eigenvalue weighted by Crippen LogP contribution is -2.01. The average Bonchev–Trinajstić information content (AvgIpc) is 2.55. The molecule has 0 aliphatic rings. The van der Waals surface area contributed by atoms with Crippen LogP contribution >= 0.6 is 23.4 Å². The van der Waals surface area contributed by atoms with Gasteiger partial charge in [0, 0.05) is 26.8 Å². The zero-order chi connectivity index (χ0) is 15.9. The van der Waals surface area contributed by atoms with Crippen molar-refractivity contribution >= 4 is 29.6 Å². The highest BCUT2D eigenvalue weighted by Crippen LogP contribution is 2.36. The van der Waals surface area contributed by atoms with E-state index in [0.717, 1.165) is 16.7 Å². The zero-order valence-corrected chi connectivity index (χ0v) is 14.0. The zero-order valence-electron chi connectivity index (χ0n) is 12.5. The molecule has 0 aliphatic carbocycles. The maximum Gasteiger partial charge on any atom is 0.165 e. The molecule has 0 aromatic heterocycles. The fourth-order valence-electron chi connectivity index (χ4n) is 2.01. The summed E-state index contributed by atoms with van der Waals surface area (Å²) in [4.78, 5) is 12.2. The fourth-order valence-corrected chi connectivity index (χ4v) is 3.00. The molecule has 0 unspecified atom stereocenters. The summed E-state index contributed by atoms with van der Waals surface area (Å²) < 4.78 is 11.0. The van der Waals surface area contributed by atoms with Crippen LogP contribution in [0.25, 0.3) is 0 Å². The van der Waals surface area contributed by atoms with Gasteiger partial charge in [0.15, 0.2) is 11.5 Å². The van der Waals surface area contributed by atoms with Crippen molar-refractivity contribution in [2.45, 2.75) is 17.6 Å². The van der Waals surface area contributed by atoms with Crippen LogP contribution in [0, 0.1) is 0 Å². The number of rotatable bonds is 7. The van der Waals surface area contributed by atoms with Crippen molar-refractivity contribution in [3.8, 4) is 11.5 Å². The van der Waals surface area contributed by atoms with Gasteiger partial charge in [0.05, 0.1) is 13.7 Å². The molecule has 0 saturated carbocycles. The van der Waals surface area contributed by atoms with Gasteiger partial charge in [0.2, 0.25) is 0 Å². The number of methoxy groups -OCH3 is 1. The second-order valence-corrected chi connectivity index (χ2v) is 5.99. The van der Waals surface area contributed by atoms with Gasteiger partial charge in [-0.1, -0.05) is 11.6 Å². The minimum atomic E-state index is 0.537. The molecule has 2 aromatic rings. The lowest BCUT2D eigenvalue weighted by Gasteiger charge is -2.15. The number of ether oxygens (including phenoxy) is 2. The van der Waals surface area contributed by atoms with E-state index in [1.807, 2.05) is 37.3 Å². The number of hydrogen-bond donors (Lipinski definition) is 0. The van der Waals surface area contributed by atoms with Crippen LogP contribution in [0.4, 0.5) is 0 Å². The Bertz CT molecular complexity index is 641. The van der Waals surface area contributed by atoms with Crippen LogP contribution in [0.5, 0.6) is 11.5 Å². The third-order valence-corrected chi connectivity index (χ3v) is 4.32. The first-order valence-electron chi connectivity index (χ1n) is 6.85. The van der Waals surface area contributed by atoms with Crippen LogP contribution in [-0.4, -0.2) is 20.0 Å². The Morgan fingerprint density at radius 2 is 1.95 bits per heavy atom. The van der Waals surface area contributed by atoms with E-state index in [2.05, 4.69) is 0 Å². The van der Waals surface area contributed by atoms with Crippen molar-refractivity contribution in [2.24, 2.45) is 0 Å². The first-order valence-corrected chi connectivity index (χ1v) is 8.21. The second-order valence-electron chi connectivity index (χ2n) is 4.50. The number of benzene rings is 2. The predicted molar refractivity (Wildman–Crippen MR) is 90.6 cm³/mol. The normalized spacial score (nSPS) is 10.3. The first-order chi connectivity index (χ1) is 10.7. The highest BCUT2D eigenvalue weighted by atomic mass is 35.5. The molecule has 0 N–H and O–H groups in total. The molecular formula is C17H17ClO3S. The van der Waals surface area contributed by atoms with Crippen molar-refractivity contribution < 1.29 is 14.3 Å². The fraction of sp³-hybridized carbons (Fsp3) is 0.235. The summed E-state index contributed by atoms with van der Waals surface area (Å²) in [7, 11) is 1.57. The molecule has 3 nitrogen and oxygen atoms in total. The van der Waals surface area contributed by atoms with Gasteiger partial charge in [-0.3, -0.25) is 4.79 Å². The van der Waals surface area contributed by atoms with Gasteiger partial charge in [0.25, 0.3) is 0 Å². The van der Waals surface area contributed by atoms with Crippen molar-refractivity contribution in [3.63, 3.8) is 0 Å². The largest absolute Gasteiger partial charge is 0.493 e. The van der Waals surface area contributed by atoms with Gasteiger partial charge >= 0.3 is 0 Å². The summed E-state index contributed by atoms with van der Waals surface area (Å²) in [5.41, 5.74) is 1.51. The molecule has 0 spiro atoms. The Hall–Kier alpha value is -1.65. The van der Waals surface area contributed by atoms with E-state index in [4.69, 9.17) is 21.1 Å². The Morgan fingerprint density at radius 1 is 1.23 bits per heavy atom. The summed E-state index contributed by atoms with van der Waals surface area (Å²) in [6.07, 6.45) is 0.814. The average molecular weight is 337 g/mol. The quantitative estimate of drug-likeness (QED) is 0.534. The molecule has 0 aliphatic heterocycles. The highest BCUT2D eigenvalue weighted by Gasteiger charge is 2.13. The number of halogens is 1. The van der Waals surface area contributed by atoms with Crippen LogP contribution < -0.4 is 9.47 Å². The van der Waals surface area contributed by atoms with Gasteiger partial charge in [-0.2, -0.15) is 0 Å². The van der Waals surface area contributed by atoms with E-state index in [9.17, 15) is 4.79 Å². The van der Waals surface area contributed by atoms with E-state index in [-0.39, 0.29) is 0 Å². The van der Waals surface area contributed by atoms with E-state index >= 15 is 0 Å². The van der Waals surface area contributed by atoms with Crippen LogP contribution in [0.2, 0.25) is 5.02 Å². The monoisotopic (exact) mass is 336 g/mol. The summed E-state index contributed by atoms with van der Waals surface area (Å²) in [6.45, 7) is 2.46. The Kier molecular flexibility index (Phi) is 6.16. The lowest BCUT2D eigenvalue weighted by molar-refractivity contribution is 0.112. The number of aldehydes is 1. The van der Waals surface area contributed by atoms with E-state index < -0.39 is 0 Å². The van der Waals surface area contributed by atoms with Crippen LogP contribution in [0.3, 0.4) is 0 Å². The van der Waals surface area contributed by atoms with Crippen LogP contribution in [0.1, 0.15) is 22.8 Å². The third kappa shape index (κ3) is 4.18. The molecule has 22 heavy (non-hydrogen) atoms. The summed E-state index contributed by atoms with van der Waals surface area (Å²) in [6, 6.07) is 11.2. The molecule has 0 atom stereocenters. The molecule has 0 fully saturated rings. The minimum absolute atomic E-state index is 0.537. The number of thioether (sulfide) groups is 1. The number of carbonyl (C=O) groups is 1. The lowest BCUT2D eigenvalue weighted by atomic mass is 10.1. The van der Waals surface area contributed by atoms with E-state index in [1.165, 1.54) is 0 Å². The molecule has 0 bridgehead atoms. The number of hydrogen-bond acceptors (Lipinski definition) is 4. The van der Waals surface area contributed by atoms with Gasteiger partial charge in [-0.15, -0.1) is 11.8 Å². The van der Waals surface area contributed by atoms with Crippen LogP contribution in [-0.2, 0) is 5.75 Å². The molecule has 0 amide bonds. The third-order valence-electron chi connectivity index (χ3n) is 3.01. The van der Waals surface area contributed by atoms with Gasteiger partial charge in [-0.25, -0.2) is 0 Å². The molecule has 0 radical (unpaired) electrons. The molecule has 0 saturated heterocycles. The first kappa shape index (κ1) is 16.7. The summed E-state index contributed by atoms with van der Waals surface area (Å²) >= 11 is 7.54. The second kappa shape index (κ2) is 8.11. The Labute approximate surface area is 139 Å². The van der Waals surface area contributed by atoms with Crippen LogP contribution in [0.15, 0.2) is 41.3 Å². The van der Waals surface area contributed by atoms with Crippen molar-refractivity contribution in [3.05, 3.63) is 52.5 Å². The Morgan fingerprint density at radius 3 is 2.55 bits per heavy atom. The molecule has 2 rings (SSSR count). The van der Waals surface area contributed by atoms with Crippen molar-refractivity contribution in [2.75, 3.05) is 13.7 Å². The molecule has 5 heteroatoms. The highest BCUT2D eigenvalue weighted by molar-refractivity contribution is 7.98. The Balaban J connectivity index is 2.27. The number of carbonyl (C=O) groups excluding carboxylic acids is 1. The summed E-state index contributed by atoms with van der Waals surface area (Å²) in [5, 5.41) is 0.712. The van der Waals surface area contributed by atoms with Crippen molar-refractivity contribution in [1.82, 2.24) is 0 Å².